The van der Waals surface area contributed by atoms with Crippen LogP contribution in [0.3, 0.4) is 0 Å². The summed E-state index contributed by atoms with van der Waals surface area (Å²) in [5.41, 5.74) is -0.745. The maximum Gasteiger partial charge on any atom is 0.323 e. The Bertz CT molecular complexity index is 512. The van der Waals surface area contributed by atoms with Crippen LogP contribution in [0.25, 0.3) is 0 Å². The molecule has 0 spiro atoms. The molecule has 2 heterocycles. The van der Waals surface area contributed by atoms with Crippen molar-refractivity contribution in [2.75, 3.05) is 13.1 Å². The van der Waals surface area contributed by atoms with Gasteiger partial charge in [-0.1, -0.05) is 6.92 Å². The average Bonchev–Trinajstić information content (AvgIpc) is 2.95. The second-order valence-corrected chi connectivity index (χ2v) is 6.18. The number of aliphatic carboxylic acids is 1. The lowest BCUT2D eigenvalue weighted by Crippen LogP contribution is -2.58. The van der Waals surface area contributed by atoms with Crippen molar-refractivity contribution in [2.45, 2.75) is 57.3 Å². The van der Waals surface area contributed by atoms with Crippen LogP contribution < -0.4 is 5.32 Å². The number of nitrogens with zero attached hydrogens (tertiary/aromatic N) is 3. The maximum absolute atomic E-state index is 11.8. The molecule has 0 bridgehead atoms. The van der Waals surface area contributed by atoms with E-state index in [0.717, 1.165) is 44.7 Å². The fraction of sp³-hybridized carbons (Fsp3) is 0.733. The van der Waals surface area contributed by atoms with E-state index in [1.165, 1.54) is 0 Å². The molecule has 21 heavy (non-hydrogen) atoms. The van der Waals surface area contributed by atoms with Gasteiger partial charge in [0, 0.05) is 31.5 Å². The summed E-state index contributed by atoms with van der Waals surface area (Å²) in [6.45, 7) is 5.44. The van der Waals surface area contributed by atoms with E-state index < -0.39 is 11.5 Å². The van der Waals surface area contributed by atoms with E-state index in [-0.39, 0.29) is 0 Å². The van der Waals surface area contributed by atoms with Gasteiger partial charge >= 0.3 is 5.97 Å². The number of imidazole rings is 1. The molecule has 0 saturated heterocycles. The first-order chi connectivity index (χ1) is 10.1. The number of rotatable bonds is 4. The predicted octanol–water partition coefficient (Wildman–Crippen LogP) is 1.07. The number of carboxylic acid groups (broad SMARTS) is 1. The topological polar surface area (TPSA) is 70.4 Å². The molecule has 2 atom stereocenters. The number of nitrogens with one attached hydrogen (secondary N) is 1. The summed E-state index contributed by atoms with van der Waals surface area (Å²) in [5, 5.41) is 12.9. The van der Waals surface area contributed by atoms with Gasteiger partial charge in [-0.3, -0.25) is 9.69 Å². The lowest BCUT2D eigenvalue weighted by molar-refractivity contribution is -0.147. The zero-order valence-corrected chi connectivity index (χ0v) is 12.6. The quantitative estimate of drug-likeness (QED) is 0.869. The molecule has 1 aromatic rings. The molecular weight excluding hydrogens is 268 g/mol. The van der Waals surface area contributed by atoms with E-state index in [9.17, 15) is 9.90 Å². The number of hydrogen-bond acceptors (Lipinski definition) is 4. The molecular formula is C15H24N4O2. The van der Waals surface area contributed by atoms with Crippen molar-refractivity contribution in [2.24, 2.45) is 0 Å². The minimum atomic E-state index is -0.745. The second kappa shape index (κ2) is 5.77. The SMILES string of the molecule is CCNC1(C(=O)O)CCCC(N2CCn3ccnc3C2)C1. The molecule has 1 saturated carbocycles. The first-order valence-electron chi connectivity index (χ1n) is 7.87. The maximum atomic E-state index is 11.8. The lowest BCUT2D eigenvalue weighted by Gasteiger charge is -2.43. The molecule has 0 aromatic carbocycles. The highest BCUT2D eigenvalue weighted by Crippen LogP contribution is 2.33. The molecule has 2 unspecified atom stereocenters. The standard InChI is InChI=1S/C15H24N4O2/c1-2-17-15(14(20)21)5-3-4-12(10-15)19-9-8-18-7-6-16-13(18)11-19/h6-7,12,17H,2-5,8-11H2,1H3,(H,20,21). The molecule has 1 fully saturated rings. The van der Waals surface area contributed by atoms with Gasteiger partial charge in [-0.05, 0) is 32.2 Å². The summed E-state index contributed by atoms with van der Waals surface area (Å²) in [5.74, 6) is 0.392. The molecule has 6 nitrogen and oxygen atoms in total. The zero-order chi connectivity index (χ0) is 14.9. The van der Waals surface area contributed by atoms with E-state index >= 15 is 0 Å². The van der Waals surface area contributed by atoms with E-state index in [1.54, 1.807) is 0 Å². The van der Waals surface area contributed by atoms with Crippen molar-refractivity contribution in [3.63, 3.8) is 0 Å². The Labute approximate surface area is 125 Å². The van der Waals surface area contributed by atoms with Crippen LogP contribution in [0.1, 0.15) is 38.4 Å². The number of aromatic nitrogens is 2. The van der Waals surface area contributed by atoms with Crippen molar-refractivity contribution in [3.8, 4) is 0 Å². The number of carboxylic acids is 1. The summed E-state index contributed by atoms with van der Waals surface area (Å²) in [6.07, 6.45) is 7.34. The Balaban J connectivity index is 1.73. The predicted molar refractivity (Wildman–Crippen MR) is 78.9 cm³/mol. The van der Waals surface area contributed by atoms with Crippen molar-refractivity contribution >= 4 is 5.97 Å². The van der Waals surface area contributed by atoms with Gasteiger partial charge in [0.25, 0.3) is 0 Å². The van der Waals surface area contributed by atoms with E-state index in [4.69, 9.17) is 0 Å². The van der Waals surface area contributed by atoms with Crippen LogP contribution in [0.5, 0.6) is 0 Å². The van der Waals surface area contributed by atoms with Crippen LogP contribution in [0.4, 0.5) is 0 Å². The molecule has 0 amide bonds. The van der Waals surface area contributed by atoms with Gasteiger partial charge in [0.2, 0.25) is 0 Å². The number of carbonyl (C=O) groups is 1. The molecule has 1 aliphatic carbocycles. The van der Waals surface area contributed by atoms with Gasteiger partial charge < -0.3 is 15.0 Å². The summed E-state index contributed by atoms with van der Waals surface area (Å²) in [6, 6.07) is 0.333. The molecule has 1 aliphatic heterocycles. The molecule has 0 radical (unpaired) electrons. The third-order valence-electron chi connectivity index (χ3n) is 4.94. The first kappa shape index (κ1) is 14.5. The third-order valence-corrected chi connectivity index (χ3v) is 4.94. The third kappa shape index (κ3) is 2.70. The summed E-state index contributed by atoms with van der Waals surface area (Å²) in [4.78, 5) is 18.6. The van der Waals surface area contributed by atoms with Gasteiger partial charge in [-0.25, -0.2) is 4.98 Å². The van der Waals surface area contributed by atoms with Gasteiger partial charge in [0.05, 0.1) is 6.54 Å². The second-order valence-electron chi connectivity index (χ2n) is 6.18. The minimum Gasteiger partial charge on any atom is -0.480 e. The fourth-order valence-corrected chi connectivity index (χ4v) is 3.83. The van der Waals surface area contributed by atoms with Gasteiger partial charge in [0.15, 0.2) is 0 Å². The number of hydrogen-bond donors (Lipinski definition) is 2. The molecule has 2 aliphatic rings. The average molecular weight is 292 g/mol. The summed E-state index contributed by atoms with van der Waals surface area (Å²) >= 11 is 0. The van der Waals surface area contributed by atoms with Gasteiger partial charge in [0.1, 0.15) is 11.4 Å². The smallest absolute Gasteiger partial charge is 0.323 e. The van der Waals surface area contributed by atoms with Crippen LogP contribution in [-0.2, 0) is 17.9 Å². The summed E-state index contributed by atoms with van der Waals surface area (Å²) in [7, 11) is 0. The summed E-state index contributed by atoms with van der Waals surface area (Å²) < 4.78 is 2.19. The van der Waals surface area contributed by atoms with Crippen molar-refractivity contribution in [3.05, 3.63) is 18.2 Å². The van der Waals surface area contributed by atoms with E-state index in [1.807, 2.05) is 19.3 Å². The van der Waals surface area contributed by atoms with Crippen molar-refractivity contribution in [1.82, 2.24) is 19.8 Å². The minimum absolute atomic E-state index is 0.333. The van der Waals surface area contributed by atoms with Crippen molar-refractivity contribution in [1.29, 1.82) is 0 Å². The zero-order valence-electron chi connectivity index (χ0n) is 12.6. The highest BCUT2D eigenvalue weighted by Gasteiger charge is 2.44. The van der Waals surface area contributed by atoms with Crippen LogP contribution >= 0.6 is 0 Å². The molecule has 6 heteroatoms. The Morgan fingerprint density at radius 2 is 2.43 bits per heavy atom. The highest BCUT2D eigenvalue weighted by molar-refractivity contribution is 5.79. The Kier molecular flexibility index (Phi) is 3.99. The van der Waals surface area contributed by atoms with Gasteiger partial charge in [-0.15, -0.1) is 0 Å². The van der Waals surface area contributed by atoms with Gasteiger partial charge in [-0.2, -0.15) is 0 Å². The number of likely N-dealkylation sites (N-methyl/N-ethyl adjacent to an activating group) is 1. The largest absolute Gasteiger partial charge is 0.480 e. The fourth-order valence-electron chi connectivity index (χ4n) is 3.83. The normalized spacial score (nSPS) is 30.0. The Morgan fingerprint density at radius 1 is 1.57 bits per heavy atom. The first-order valence-corrected chi connectivity index (χ1v) is 7.87. The molecule has 1 aromatic heterocycles. The molecule has 2 N–H and O–H groups in total. The molecule has 116 valence electrons. The lowest BCUT2D eigenvalue weighted by atomic mass is 9.78. The van der Waals surface area contributed by atoms with Crippen LogP contribution in [0.2, 0.25) is 0 Å². The number of fused-ring (bicyclic) bond motifs is 1. The van der Waals surface area contributed by atoms with Crippen LogP contribution in [0.15, 0.2) is 12.4 Å². The molecule has 3 rings (SSSR count). The Morgan fingerprint density at radius 3 is 3.19 bits per heavy atom. The van der Waals surface area contributed by atoms with Crippen LogP contribution in [0, 0.1) is 0 Å². The van der Waals surface area contributed by atoms with Crippen LogP contribution in [-0.4, -0.2) is 50.2 Å². The Hall–Kier alpha value is -1.40. The van der Waals surface area contributed by atoms with E-state index in [0.29, 0.717) is 19.0 Å². The van der Waals surface area contributed by atoms with Crippen molar-refractivity contribution < 1.29 is 9.90 Å². The highest BCUT2D eigenvalue weighted by atomic mass is 16.4. The van der Waals surface area contributed by atoms with E-state index in [2.05, 4.69) is 19.8 Å². The monoisotopic (exact) mass is 292 g/mol.